The van der Waals surface area contributed by atoms with Crippen LogP contribution < -0.4 is 25.8 Å². The molecule has 2 aliphatic heterocycles. The Bertz CT molecular complexity index is 1070. The molecule has 0 aromatic heterocycles. The minimum atomic E-state index is -1.17. The zero-order valence-electron chi connectivity index (χ0n) is 18.8. The minimum absolute atomic E-state index is 0.437. The largest absolute Gasteiger partial charge is 0.495 e. The van der Waals surface area contributed by atoms with Gasteiger partial charge in [0.05, 0.1) is 22.8 Å². The van der Waals surface area contributed by atoms with Crippen LogP contribution in [0.4, 0.5) is 5.69 Å². The molecule has 0 aliphatic carbocycles. The fourth-order valence-corrected chi connectivity index (χ4v) is 4.41. The molecule has 7 nitrogen and oxygen atoms in total. The maximum atomic E-state index is 6.68. The highest BCUT2D eigenvalue weighted by Crippen LogP contribution is 2.35. The highest BCUT2D eigenvalue weighted by atomic mass is 35.5. The number of aliphatic imine (C=N–C) groups is 1. The molecule has 176 valence electrons. The Kier molecular flexibility index (Phi) is 7.34. The van der Waals surface area contributed by atoms with Crippen molar-refractivity contribution in [2.75, 3.05) is 38.7 Å². The lowest BCUT2D eigenvalue weighted by Gasteiger charge is -2.33. The standard InChI is InChI=1S/C24H29Cl2N5O2/c1-16-15-28-24(27,30-23(16)29-21-14-22(32-2)20(26)13-19(21)25)17-6-5-7-18(12-17)33-11-10-31-8-3-4-9-31/h5-7,12-15,29-30H,3-4,8-11,27H2,1-2H3. The van der Waals surface area contributed by atoms with Gasteiger partial charge in [0, 0.05) is 30.0 Å². The normalized spacial score (nSPS) is 20.6. The number of ether oxygens (including phenoxy) is 2. The second-order valence-corrected chi connectivity index (χ2v) is 9.04. The van der Waals surface area contributed by atoms with Crippen LogP contribution in [0.5, 0.6) is 11.5 Å². The molecule has 0 amide bonds. The van der Waals surface area contributed by atoms with E-state index in [1.54, 1.807) is 25.5 Å². The summed E-state index contributed by atoms with van der Waals surface area (Å²) in [5.41, 5.74) is 8.97. The fourth-order valence-electron chi connectivity index (χ4n) is 3.90. The molecule has 9 heteroatoms. The molecule has 2 heterocycles. The molecule has 1 saturated heterocycles. The summed E-state index contributed by atoms with van der Waals surface area (Å²) in [6, 6.07) is 11.1. The van der Waals surface area contributed by atoms with Gasteiger partial charge >= 0.3 is 0 Å². The van der Waals surface area contributed by atoms with Crippen molar-refractivity contribution in [3.05, 3.63) is 63.4 Å². The maximum absolute atomic E-state index is 6.68. The van der Waals surface area contributed by atoms with Crippen LogP contribution in [0.2, 0.25) is 10.0 Å². The van der Waals surface area contributed by atoms with Crippen molar-refractivity contribution in [2.24, 2.45) is 10.7 Å². The Hall–Kier alpha value is -2.45. The van der Waals surface area contributed by atoms with Crippen LogP contribution in [0, 0.1) is 0 Å². The molecule has 1 atom stereocenters. The summed E-state index contributed by atoms with van der Waals surface area (Å²) in [5, 5.41) is 7.50. The number of hydrogen-bond donors (Lipinski definition) is 3. The topological polar surface area (TPSA) is 84.1 Å². The Morgan fingerprint density at radius 2 is 1.97 bits per heavy atom. The smallest absolute Gasteiger partial charge is 0.210 e. The average Bonchev–Trinajstić information content (AvgIpc) is 3.32. The number of likely N-dealkylation sites (tertiary alicyclic amines) is 1. The lowest BCUT2D eigenvalue weighted by molar-refractivity contribution is 0.237. The van der Waals surface area contributed by atoms with Crippen LogP contribution in [0.3, 0.4) is 0 Å². The van der Waals surface area contributed by atoms with E-state index < -0.39 is 5.79 Å². The van der Waals surface area contributed by atoms with E-state index in [1.807, 2.05) is 31.2 Å². The van der Waals surface area contributed by atoms with Gasteiger partial charge in [0.15, 0.2) is 0 Å². The molecule has 1 unspecified atom stereocenters. The third-order valence-electron chi connectivity index (χ3n) is 5.82. The first kappa shape index (κ1) is 23.7. The van der Waals surface area contributed by atoms with E-state index in [-0.39, 0.29) is 0 Å². The van der Waals surface area contributed by atoms with E-state index in [0.717, 1.165) is 36.5 Å². The van der Waals surface area contributed by atoms with E-state index in [0.29, 0.717) is 33.9 Å². The number of allylic oxidation sites excluding steroid dienone is 1. The second-order valence-electron chi connectivity index (χ2n) is 8.22. The van der Waals surface area contributed by atoms with Crippen LogP contribution in [-0.2, 0) is 5.79 Å². The van der Waals surface area contributed by atoms with Gasteiger partial charge < -0.3 is 20.1 Å². The van der Waals surface area contributed by atoms with Crippen molar-refractivity contribution in [3.8, 4) is 11.5 Å². The van der Waals surface area contributed by atoms with Gasteiger partial charge in [0.1, 0.15) is 23.9 Å². The lowest BCUT2D eigenvalue weighted by atomic mass is 10.1. The number of hydrogen-bond acceptors (Lipinski definition) is 7. The maximum Gasteiger partial charge on any atom is 0.210 e. The molecule has 0 bridgehead atoms. The molecule has 1 fully saturated rings. The van der Waals surface area contributed by atoms with E-state index in [2.05, 4.69) is 20.5 Å². The number of anilines is 1. The molecule has 0 radical (unpaired) electrons. The van der Waals surface area contributed by atoms with Crippen molar-refractivity contribution in [2.45, 2.75) is 25.6 Å². The van der Waals surface area contributed by atoms with Gasteiger partial charge in [-0.25, -0.2) is 4.99 Å². The zero-order chi connectivity index (χ0) is 23.4. The number of nitrogens with one attached hydrogen (secondary N) is 2. The summed E-state index contributed by atoms with van der Waals surface area (Å²) < 4.78 is 11.3. The summed E-state index contributed by atoms with van der Waals surface area (Å²) in [6.07, 6.45) is 4.28. The number of rotatable bonds is 8. The second kappa shape index (κ2) is 10.2. The Labute approximate surface area is 204 Å². The van der Waals surface area contributed by atoms with Crippen molar-refractivity contribution in [3.63, 3.8) is 0 Å². The SMILES string of the molecule is COc1cc(NC2=C(C)C=NC(N)(c3cccc(OCCN4CCCC4)c3)N2)c(Cl)cc1Cl. The lowest BCUT2D eigenvalue weighted by Crippen LogP contribution is -2.51. The highest BCUT2D eigenvalue weighted by molar-refractivity contribution is 6.37. The van der Waals surface area contributed by atoms with Crippen molar-refractivity contribution < 1.29 is 9.47 Å². The number of benzene rings is 2. The van der Waals surface area contributed by atoms with E-state index >= 15 is 0 Å². The van der Waals surface area contributed by atoms with Crippen LogP contribution >= 0.6 is 23.2 Å². The number of halogens is 2. The van der Waals surface area contributed by atoms with Crippen LogP contribution in [0.15, 0.2) is 52.8 Å². The quantitative estimate of drug-likeness (QED) is 0.503. The van der Waals surface area contributed by atoms with Crippen molar-refractivity contribution in [1.82, 2.24) is 10.2 Å². The molecule has 33 heavy (non-hydrogen) atoms. The number of nitrogens with two attached hydrogens (primary N) is 1. The molecule has 2 aliphatic rings. The van der Waals surface area contributed by atoms with E-state index in [1.165, 1.54) is 12.8 Å². The average molecular weight is 490 g/mol. The summed E-state index contributed by atoms with van der Waals surface area (Å²) >= 11 is 12.6. The van der Waals surface area contributed by atoms with Gasteiger partial charge in [-0.15, -0.1) is 0 Å². The van der Waals surface area contributed by atoms with Crippen molar-refractivity contribution >= 4 is 35.1 Å². The first-order valence-corrected chi connectivity index (χ1v) is 11.7. The van der Waals surface area contributed by atoms with Gasteiger partial charge in [-0.2, -0.15) is 0 Å². The predicted octanol–water partition coefficient (Wildman–Crippen LogP) is 4.56. The zero-order valence-corrected chi connectivity index (χ0v) is 20.3. The van der Waals surface area contributed by atoms with Gasteiger partial charge in [0.25, 0.3) is 0 Å². The molecule has 4 N–H and O–H groups in total. The first-order chi connectivity index (χ1) is 15.9. The monoisotopic (exact) mass is 489 g/mol. The molecular formula is C24H29Cl2N5O2. The molecule has 0 spiro atoms. The highest BCUT2D eigenvalue weighted by Gasteiger charge is 2.31. The van der Waals surface area contributed by atoms with Gasteiger partial charge in [-0.05, 0) is 51.1 Å². The molecule has 2 aromatic rings. The molecule has 0 saturated carbocycles. The third-order valence-corrected chi connectivity index (χ3v) is 6.43. The minimum Gasteiger partial charge on any atom is -0.495 e. The fraction of sp³-hybridized carbons (Fsp3) is 0.375. The molecule has 2 aromatic carbocycles. The Morgan fingerprint density at radius 1 is 1.18 bits per heavy atom. The van der Waals surface area contributed by atoms with Crippen LogP contribution in [-0.4, -0.2) is 44.5 Å². The summed E-state index contributed by atoms with van der Waals surface area (Å²) in [7, 11) is 1.56. The van der Waals surface area contributed by atoms with Gasteiger partial charge in [0.2, 0.25) is 5.79 Å². The van der Waals surface area contributed by atoms with Crippen LogP contribution in [0.25, 0.3) is 0 Å². The predicted molar refractivity (Wildman–Crippen MR) is 134 cm³/mol. The van der Waals surface area contributed by atoms with Gasteiger partial charge in [-0.3, -0.25) is 10.6 Å². The Morgan fingerprint density at radius 3 is 2.73 bits per heavy atom. The first-order valence-electron chi connectivity index (χ1n) is 11.0. The summed E-state index contributed by atoms with van der Waals surface area (Å²) in [5.74, 6) is 0.794. The van der Waals surface area contributed by atoms with E-state index in [9.17, 15) is 0 Å². The molecular weight excluding hydrogens is 461 g/mol. The van der Waals surface area contributed by atoms with E-state index in [4.69, 9.17) is 38.4 Å². The number of methoxy groups -OCH3 is 1. The summed E-state index contributed by atoms with van der Waals surface area (Å²) in [4.78, 5) is 6.98. The molecule has 4 rings (SSSR count). The Balaban J connectivity index is 1.48. The van der Waals surface area contributed by atoms with Crippen LogP contribution in [0.1, 0.15) is 25.3 Å². The summed E-state index contributed by atoms with van der Waals surface area (Å²) in [6.45, 7) is 5.80. The van der Waals surface area contributed by atoms with Crippen molar-refractivity contribution in [1.29, 1.82) is 0 Å². The van der Waals surface area contributed by atoms with Gasteiger partial charge in [-0.1, -0.05) is 35.3 Å². The third kappa shape index (κ3) is 5.55. The number of nitrogens with zero attached hydrogens (tertiary/aromatic N) is 2.